The third-order valence-corrected chi connectivity index (χ3v) is 7.73. The van der Waals surface area contributed by atoms with Crippen molar-refractivity contribution >= 4 is 51.6 Å². The highest BCUT2D eigenvalue weighted by Crippen LogP contribution is 2.38. The van der Waals surface area contributed by atoms with E-state index in [-0.39, 0.29) is 18.1 Å². The van der Waals surface area contributed by atoms with Crippen molar-refractivity contribution < 1.29 is 23.8 Å². The van der Waals surface area contributed by atoms with Gasteiger partial charge in [0.2, 0.25) is 11.1 Å². The maximum absolute atomic E-state index is 13.4. The minimum absolute atomic E-state index is 0.0499. The zero-order valence-corrected chi connectivity index (χ0v) is 25.6. The number of halogens is 3. The fraction of sp³-hybridized carbons (Fsp3) is 0.714. The molecule has 0 bridgehead atoms. The molecule has 1 heterocycles. The van der Waals surface area contributed by atoms with Crippen molar-refractivity contribution in [1.82, 2.24) is 0 Å². The molecule has 1 aromatic carbocycles. The van der Waals surface area contributed by atoms with Crippen molar-refractivity contribution in [3.05, 3.63) is 23.3 Å². The Hall–Kier alpha value is -1.05. The fourth-order valence-corrected chi connectivity index (χ4v) is 4.57. The van der Waals surface area contributed by atoms with Gasteiger partial charge in [-0.25, -0.2) is 0 Å². The lowest BCUT2D eigenvalue weighted by molar-refractivity contribution is -0.120. The first kappa shape index (κ1) is 34.0. The SMILES string of the molecule is CCC(Cl)C(=O)Cl.CCOc1ccc(CC)c(CC)c1N(CC1OC(CC)C(CC)O1)C(=O)C(Cl)CC. The average molecular weight is 581 g/mol. The number of hydrogen-bond acceptors (Lipinski definition) is 5. The van der Waals surface area contributed by atoms with E-state index in [4.69, 9.17) is 49.0 Å². The summed E-state index contributed by atoms with van der Waals surface area (Å²) in [7, 11) is 0. The number of carbonyl (C=O) groups excluding carboxylic acids is 2. The summed E-state index contributed by atoms with van der Waals surface area (Å²) in [4.78, 5) is 25.2. The van der Waals surface area contributed by atoms with Crippen LogP contribution in [0.2, 0.25) is 0 Å². The number of benzene rings is 1. The zero-order valence-electron chi connectivity index (χ0n) is 23.3. The molecular weight excluding hydrogens is 537 g/mol. The van der Waals surface area contributed by atoms with Crippen LogP contribution in [0.25, 0.3) is 0 Å². The number of hydrogen-bond donors (Lipinski definition) is 0. The molecule has 1 aliphatic rings. The lowest BCUT2D eigenvalue weighted by Crippen LogP contribution is -2.43. The molecule has 1 fully saturated rings. The second-order valence-corrected chi connectivity index (χ2v) is 10.2. The highest BCUT2D eigenvalue weighted by molar-refractivity contribution is 6.69. The monoisotopic (exact) mass is 579 g/mol. The quantitative estimate of drug-likeness (QED) is 0.181. The largest absolute Gasteiger partial charge is 0.492 e. The van der Waals surface area contributed by atoms with Crippen LogP contribution in [-0.2, 0) is 31.9 Å². The highest BCUT2D eigenvalue weighted by Gasteiger charge is 2.37. The molecule has 212 valence electrons. The van der Waals surface area contributed by atoms with Crippen LogP contribution >= 0.6 is 34.8 Å². The van der Waals surface area contributed by atoms with Gasteiger partial charge in [-0.3, -0.25) is 9.59 Å². The molecule has 9 heteroatoms. The summed E-state index contributed by atoms with van der Waals surface area (Å²) < 4.78 is 18.3. The van der Waals surface area contributed by atoms with E-state index < -0.39 is 22.3 Å². The van der Waals surface area contributed by atoms with E-state index in [1.54, 1.807) is 11.8 Å². The molecule has 37 heavy (non-hydrogen) atoms. The van der Waals surface area contributed by atoms with Crippen molar-refractivity contribution in [2.45, 2.75) is 116 Å². The summed E-state index contributed by atoms with van der Waals surface area (Å²) in [6.45, 7) is 14.9. The number of ether oxygens (including phenoxy) is 3. The summed E-state index contributed by atoms with van der Waals surface area (Å²) in [6, 6.07) is 4.06. The van der Waals surface area contributed by atoms with E-state index in [2.05, 4.69) is 33.8 Å². The lowest BCUT2D eigenvalue weighted by atomic mass is 9.98. The number of aryl methyl sites for hydroxylation is 1. The normalized spacial score (nSPS) is 20.5. The Labute approximate surface area is 238 Å². The Morgan fingerprint density at radius 1 is 0.919 bits per heavy atom. The maximum atomic E-state index is 13.4. The predicted octanol–water partition coefficient (Wildman–Crippen LogP) is 7.26. The van der Waals surface area contributed by atoms with Crippen LogP contribution in [-0.4, -0.2) is 53.6 Å². The van der Waals surface area contributed by atoms with Crippen LogP contribution in [0.1, 0.15) is 85.3 Å². The molecule has 0 N–H and O–H groups in total. The minimum Gasteiger partial charge on any atom is -0.492 e. The molecule has 1 saturated heterocycles. The molecule has 0 saturated carbocycles. The maximum Gasteiger partial charge on any atom is 0.245 e. The first-order chi connectivity index (χ1) is 17.6. The van der Waals surface area contributed by atoms with Crippen molar-refractivity contribution in [2.75, 3.05) is 18.1 Å². The number of carbonyl (C=O) groups is 2. The van der Waals surface area contributed by atoms with Gasteiger partial charge in [-0.2, -0.15) is 0 Å². The highest BCUT2D eigenvalue weighted by atomic mass is 35.5. The van der Waals surface area contributed by atoms with E-state index in [1.807, 2.05) is 19.9 Å². The Bertz CT molecular complexity index is 841. The Morgan fingerprint density at radius 2 is 1.49 bits per heavy atom. The summed E-state index contributed by atoms with van der Waals surface area (Å²) in [5, 5.41) is -1.58. The van der Waals surface area contributed by atoms with E-state index >= 15 is 0 Å². The van der Waals surface area contributed by atoms with Crippen molar-refractivity contribution in [3.8, 4) is 5.75 Å². The molecule has 4 atom stereocenters. The van der Waals surface area contributed by atoms with Gasteiger partial charge in [-0.05, 0) is 74.2 Å². The van der Waals surface area contributed by atoms with E-state index in [0.29, 0.717) is 31.7 Å². The molecular formula is C28H44Cl3NO5. The van der Waals surface area contributed by atoms with E-state index in [1.165, 1.54) is 5.56 Å². The van der Waals surface area contributed by atoms with Crippen LogP contribution in [0, 0.1) is 0 Å². The summed E-state index contributed by atoms with van der Waals surface area (Å²) >= 11 is 16.7. The first-order valence-electron chi connectivity index (χ1n) is 13.5. The molecule has 2 rings (SSSR count). The molecule has 1 amide bonds. The smallest absolute Gasteiger partial charge is 0.245 e. The van der Waals surface area contributed by atoms with Gasteiger partial charge in [0.25, 0.3) is 0 Å². The van der Waals surface area contributed by atoms with E-state index in [0.717, 1.165) is 36.9 Å². The number of alkyl halides is 2. The topological polar surface area (TPSA) is 65.1 Å². The summed E-state index contributed by atoms with van der Waals surface area (Å²) in [5.41, 5.74) is 3.14. The van der Waals surface area contributed by atoms with Gasteiger partial charge in [-0.15, -0.1) is 23.2 Å². The van der Waals surface area contributed by atoms with Crippen LogP contribution in [0.5, 0.6) is 5.75 Å². The second kappa shape index (κ2) is 17.5. The molecule has 0 spiro atoms. The molecule has 6 nitrogen and oxygen atoms in total. The van der Waals surface area contributed by atoms with Crippen molar-refractivity contribution in [2.24, 2.45) is 0 Å². The molecule has 0 aliphatic carbocycles. The van der Waals surface area contributed by atoms with Crippen molar-refractivity contribution in [3.63, 3.8) is 0 Å². The molecule has 0 aromatic heterocycles. The number of rotatable bonds is 13. The second-order valence-electron chi connectivity index (χ2n) is 8.79. The average Bonchev–Trinajstić information content (AvgIpc) is 3.32. The number of nitrogens with zero attached hydrogens (tertiary/aromatic N) is 1. The van der Waals surface area contributed by atoms with Gasteiger partial charge in [0, 0.05) is 0 Å². The molecule has 1 aliphatic heterocycles. The van der Waals surface area contributed by atoms with Crippen LogP contribution in [0.4, 0.5) is 5.69 Å². The van der Waals surface area contributed by atoms with Gasteiger partial charge in [0.1, 0.15) is 16.5 Å². The summed E-state index contributed by atoms with van der Waals surface area (Å²) in [6.07, 6.45) is 4.22. The standard InChI is InChI=1S/C24H38ClNO4.C4H6Cl2O/c1-7-16-13-14-21(28-12-6)23(17(16)8-2)26(24(27)18(25)9-3)15-22-29-19(10-4)20(11-5)30-22;1-2-3(5)4(6)7/h13-14,18-20,22H,7-12,15H2,1-6H3;3H,2H2,1H3. The lowest BCUT2D eigenvalue weighted by Gasteiger charge is -2.31. The fourth-order valence-electron chi connectivity index (χ4n) is 4.30. The zero-order chi connectivity index (χ0) is 28.1. The van der Waals surface area contributed by atoms with Gasteiger partial charge in [-0.1, -0.05) is 47.6 Å². The third kappa shape index (κ3) is 9.58. The molecule has 4 unspecified atom stereocenters. The third-order valence-electron chi connectivity index (χ3n) is 6.35. The van der Waals surface area contributed by atoms with Crippen LogP contribution in [0.3, 0.4) is 0 Å². The molecule has 0 radical (unpaired) electrons. The van der Waals surface area contributed by atoms with Crippen molar-refractivity contribution in [1.29, 1.82) is 0 Å². The van der Waals surface area contributed by atoms with Gasteiger partial charge >= 0.3 is 0 Å². The van der Waals surface area contributed by atoms with E-state index in [9.17, 15) is 9.59 Å². The Kier molecular flexibility index (Phi) is 16.1. The van der Waals surface area contributed by atoms with Gasteiger partial charge < -0.3 is 19.1 Å². The van der Waals surface area contributed by atoms with Crippen LogP contribution < -0.4 is 9.64 Å². The Balaban J connectivity index is 0.000000856. The first-order valence-corrected chi connectivity index (χ1v) is 14.8. The minimum atomic E-state index is -0.611. The number of amides is 1. The van der Waals surface area contributed by atoms with Gasteiger partial charge in [0.05, 0.1) is 31.0 Å². The Morgan fingerprint density at radius 3 is 1.86 bits per heavy atom. The van der Waals surface area contributed by atoms with Crippen LogP contribution in [0.15, 0.2) is 12.1 Å². The predicted molar refractivity (Wildman–Crippen MR) is 154 cm³/mol. The number of anilines is 1. The van der Waals surface area contributed by atoms with Gasteiger partial charge in [0.15, 0.2) is 6.29 Å². The molecule has 1 aromatic rings. The summed E-state index contributed by atoms with van der Waals surface area (Å²) in [5.74, 6) is 0.570.